The van der Waals surface area contributed by atoms with Crippen molar-refractivity contribution in [3.63, 3.8) is 0 Å². The molecule has 1 saturated heterocycles. The van der Waals surface area contributed by atoms with E-state index in [2.05, 4.69) is 11.8 Å². The third-order valence-electron chi connectivity index (χ3n) is 3.40. The van der Waals surface area contributed by atoms with Crippen LogP contribution in [0.25, 0.3) is 0 Å². The predicted molar refractivity (Wildman–Crippen MR) is 65.6 cm³/mol. The highest BCUT2D eigenvalue weighted by atomic mass is 35.5. The van der Waals surface area contributed by atoms with Crippen molar-refractivity contribution in [1.82, 2.24) is 4.90 Å². The molecular weight excluding hydrogens is 210 g/mol. The number of methoxy groups -OCH3 is 1. The van der Waals surface area contributed by atoms with Crippen molar-refractivity contribution in [2.75, 3.05) is 26.1 Å². The minimum Gasteiger partial charge on any atom is -0.385 e. The van der Waals surface area contributed by atoms with Crippen molar-refractivity contribution in [3.8, 4) is 0 Å². The number of halogens is 1. The molecule has 1 fully saturated rings. The Morgan fingerprint density at radius 1 is 1.53 bits per heavy atom. The van der Waals surface area contributed by atoms with Crippen LogP contribution < -0.4 is 0 Å². The van der Waals surface area contributed by atoms with Crippen LogP contribution >= 0.6 is 11.6 Å². The summed E-state index contributed by atoms with van der Waals surface area (Å²) >= 11 is 5.75. The fourth-order valence-electron chi connectivity index (χ4n) is 2.52. The number of hydrogen-bond donors (Lipinski definition) is 0. The number of likely N-dealkylation sites (tertiary alicyclic amines) is 1. The van der Waals surface area contributed by atoms with E-state index in [1.54, 1.807) is 7.11 Å². The van der Waals surface area contributed by atoms with Gasteiger partial charge in [-0.25, -0.2) is 0 Å². The second-order valence-electron chi connectivity index (χ2n) is 4.50. The van der Waals surface area contributed by atoms with E-state index < -0.39 is 0 Å². The highest BCUT2D eigenvalue weighted by Gasteiger charge is 2.27. The molecule has 1 heterocycles. The Labute approximate surface area is 98.9 Å². The van der Waals surface area contributed by atoms with Gasteiger partial charge < -0.3 is 4.74 Å². The lowest BCUT2D eigenvalue weighted by molar-refractivity contribution is 0.126. The van der Waals surface area contributed by atoms with Crippen molar-refractivity contribution in [2.24, 2.45) is 0 Å². The number of alkyl halides is 1. The van der Waals surface area contributed by atoms with Crippen LogP contribution in [0.2, 0.25) is 0 Å². The number of hydrogen-bond acceptors (Lipinski definition) is 2. The van der Waals surface area contributed by atoms with Crippen LogP contribution in [0.3, 0.4) is 0 Å². The molecule has 3 heteroatoms. The maximum Gasteiger partial charge on any atom is 0.0477 e. The molecule has 0 spiro atoms. The van der Waals surface area contributed by atoms with Crippen LogP contribution in [0.5, 0.6) is 0 Å². The monoisotopic (exact) mass is 233 g/mol. The van der Waals surface area contributed by atoms with Crippen LogP contribution in [0.4, 0.5) is 0 Å². The second kappa shape index (κ2) is 7.48. The Morgan fingerprint density at radius 2 is 2.33 bits per heavy atom. The van der Waals surface area contributed by atoms with Crippen molar-refractivity contribution in [3.05, 3.63) is 0 Å². The highest BCUT2D eigenvalue weighted by molar-refractivity contribution is 6.17. The topological polar surface area (TPSA) is 12.5 Å². The summed E-state index contributed by atoms with van der Waals surface area (Å²) in [5, 5.41) is 0. The molecule has 0 saturated carbocycles. The van der Waals surface area contributed by atoms with Gasteiger partial charge in [-0.15, -0.1) is 11.6 Å². The SMILES string of the molecule is COCCC(C)N1CCCC1CCCCl. The average molecular weight is 234 g/mol. The maximum absolute atomic E-state index is 5.75. The molecule has 0 aliphatic carbocycles. The third-order valence-corrected chi connectivity index (χ3v) is 3.67. The molecule has 2 unspecified atom stereocenters. The highest BCUT2D eigenvalue weighted by Crippen LogP contribution is 2.24. The number of ether oxygens (including phenoxy) is 1. The first kappa shape index (κ1) is 13.3. The van der Waals surface area contributed by atoms with E-state index in [0.29, 0.717) is 6.04 Å². The smallest absolute Gasteiger partial charge is 0.0477 e. The normalized spacial score (nSPS) is 24.6. The van der Waals surface area contributed by atoms with Gasteiger partial charge >= 0.3 is 0 Å². The molecule has 2 atom stereocenters. The standard InChI is InChI=1S/C12H24ClNO/c1-11(7-10-15-2)14-9-4-6-12(14)5-3-8-13/h11-12H,3-10H2,1-2H3. The summed E-state index contributed by atoms with van der Waals surface area (Å²) < 4.78 is 5.14. The van der Waals surface area contributed by atoms with Gasteiger partial charge in [0.25, 0.3) is 0 Å². The second-order valence-corrected chi connectivity index (χ2v) is 4.87. The Balaban J connectivity index is 2.30. The molecule has 1 aliphatic rings. The third kappa shape index (κ3) is 4.29. The van der Waals surface area contributed by atoms with Gasteiger partial charge in [-0.05, 0) is 45.6 Å². The molecule has 1 rings (SSSR count). The van der Waals surface area contributed by atoms with Crippen LogP contribution in [-0.4, -0.2) is 43.1 Å². The zero-order chi connectivity index (χ0) is 11.1. The van der Waals surface area contributed by atoms with Gasteiger partial charge in [0, 0.05) is 31.7 Å². The van der Waals surface area contributed by atoms with E-state index in [1.165, 1.54) is 25.8 Å². The van der Waals surface area contributed by atoms with Gasteiger partial charge in [0.2, 0.25) is 0 Å². The first-order valence-electron chi connectivity index (χ1n) is 6.10. The Bertz CT molecular complexity index is 166. The minimum atomic E-state index is 0.660. The van der Waals surface area contributed by atoms with Crippen molar-refractivity contribution < 1.29 is 4.74 Å². The summed E-state index contributed by atoms with van der Waals surface area (Å²) in [6.07, 6.45) is 6.27. The van der Waals surface area contributed by atoms with Gasteiger partial charge in [-0.2, -0.15) is 0 Å². The zero-order valence-corrected chi connectivity index (χ0v) is 10.8. The molecule has 2 nitrogen and oxygen atoms in total. The number of rotatable bonds is 7. The molecular formula is C12H24ClNO. The van der Waals surface area contributed by atoms with E-state index in [1.807, 2.05) is 0 Å². The predicted octanol–water partition coefficient (Wildman–Crippen LogP) is 2.89. The molecule has 0 bridgehead atoms. The fourth-order valence-corrected chi connectivity index (χ4v) is 2.67. The Morgan fingerprint density at radius 3 is 3.00 bits per heavy atom. The molecule has 0 aromatic heterocycles. The first-order chi connectivity index (χ1) is 7.29. The van der Waals surface area contributed by atoms with Crippen LogP contribution in [-0.2, 0) is 4.74 Å². The largest absolute Gasteiger partial charge is 0.385 e. The van der Waals surface area contributed by atoms with Crippen molar-refractivity contribution >= 4 is 11.6 Å². The molecule has 90 valence electrons. The molecule has 15 heavy (non-hydrogen) atoms. The fraction of sp³-hybridized carbons (Fsp3) is 1.00. The summed E-state index contributed by atoms with van der Waals surface area (Å²) in [5.41, 5.74) is 0. The molecule has 0 N–H and O–H groups in total. The zero-order valence-electron chi connectivity index (χ0n) is 10.0. The van der Waals surface area contributed by atoms with E-state index in [4.69, 9.17) is 16.3 Å². The summed E-state index contributed by atoms with van der Waals surface area (Å²) in [7, 11) is 1.78. The quantitative estimate of drug-likeness (QED) is 0.627. The van der Waals surface area contributed by atoms with Gasteiger partial charge in [0.15, 0.2) is 0 Å². The van der Waals surface area contributed by atoms with Gasteiger partial charge in [-0.1, -0.05) is 0 Å². The first-order valence-corrected chi connectivity index (χ1v) is 6.63. The van der Waals surface area contributed by atoms with Crippen LogP contribution in [0.15, 0.2) is 0 Å². The van der Waals surface area contributed by atoms with Crippen molar-refractivity contribution in [2.45, 2.75) is 51.1 Å². The van der Waals surface area contributed by atoms with E-state index in [9.17, 15) is 0 Å². The summed E-state index contributed by atoms with van der Waals surface area (Å²) in [4.78, 5) is 2.64. The summed E-state index contributed by atoms with van der Waals surface area (Å²) in [6.45, 7) is 4.45. The van der Waals surface area contributed by atoms with E-state index in [-0.39, 0.29) is 0 Å². The van der Waals surface area contributed by atoms with Gasteiger partial charge in [0.1, 0.15) is 0 Å². The van der Waals surface area contributed by atoms with E-state index in [0.717, 1.165) is 31.4 Å². The molecule has 0 radical (unpaired) electrons. The average Bonchev–Trinajstić information content (AvgIpc) is 2.71. The minimum absolute atomic E-state index is 0.660. The Kier molecular flexibility index (Phi) is 6.62. The van der Waals surface area contributed by atoms with E-state index >= 15 is 0 Å². The number of nitrogens with zero attached hydrogens (tertiary/aromatic N) is 1. The molecule has 1 aliphatic heterocycles. The maximum atomic E-state index is 5.75. The molecule has 0 aromatic carbocycles. The van der Waals surface area contributed by atoms with Crippen LogP contribution in [0, 0.1) is 0 Å². The lowest BCUT2D eigenvalue weighted by Crippen LogP contribution is -2.37. The summed E-state index contributed by atoms with van der Waals surface area (Å²) in [6, 6.07) is 1.43. The lowest BCUT2D eigenvalue weighted by atomic mass is 10.1. The molecule has 0 aromatic rings. The van der Waals surface area contributed by atoms with Gasteiger partial charge in [0.05, 0.1) is 0 Å². The Hall–Kier alpha value is 0.210. The van der Waals surface area contributed by atoms with Crippen molar-refractivity contribution in [1.29, 1.82) is 0 Å². The van der Waals surface area contributed by atoms with Crippen LogP contribution in [0.1, 0.15) is 39.0 Å². The molecule has 0 amide bonds. The lowest BCUT2D eigenvalue weighted by Gasteiger charge is -2.30. The summed E-state index contributed by atoms with van der Waals surface area (Å²) in [5.74, 6) is 0.802. The van der Waals surface area contributed by atoms with Gasteiger partial charge in [-0.3, -0.25) is 4.90 Å².